The zero-order valence-corrected chi connectivity index (χ0v) is 16.4. The smallest absolute Gasteiger partial charge is 0.263 e. The van der Waals surface area contributed by atoms with Crippen LogP contribution in [0.3, 0.4) is 0 Å². The van der Waals surface area contributed by atoms with Gasteiger partial charge in [0.05, 0.1) is 11.7 Å². The molecule has 9 heteroatoms. The minimum atomic E-state index is -0.163. The van der Waals surface area contributed by atoms with Gasteiger partial charge in [-0.15, -0.1) is 35.1 Å². The zero-order valence-electron chi connectivity index (χ0n) is 14.0. The fourth-order valence-corrected chi connectivity index (χ4v) is 4.90. The summed E-state index contributed by atoms with van der Waals surface area (Å²) in [5, 5.41) is 4.54. The number of carbonyl (C=O) groups excluding carboxylic acids is 1. The van der Waals surface area contributed by atoms with Crippen LogP contribution in [-0.4, -0.2) is 39.5 Å². The number of aromatic nitrogens is 2. The Balaban J connectivity index is 0.00000196. The van der Waals surface area contributed by atoms with E-state index in [1.54, 1.807) is 16.2 Å². The first-order valence-corrected chi connectivity index (χ1v) is 9.93. The lowest BCUT2D eigenvalue weighted by molar-refractivity contribution is -0.133. The maximum atomic E-state index is 12.9. The van der Waals surface area contributed by atoms with Crippen molar-refractivity contribution >= 4 is 51.2 Å². The summed E-state index contributed by atoms with van der Waals surface area (Å²) < 4.78 is 1.41. The Bertz CT molecular complexity index is 967. The number of carbonyl (C=O) groups is 1. The van der Waals surface area contributed by atoms with E-state index in [1.807, 2.05) is 22.9 Å². The molecule has 1 unspecified atom stereocenters. The van der Waals surface area contributed by atoms with Gasteiger partial charge in [-0.2, -0.15) is 0 Å². The molecule has 1 aliphatic heterocycles. The lowest BCUT2D eigenvalue weighted by atomic mass is 10.1. The van der Waals surface area contributed by atoms with Crippen LogP contribution < -0.4 is 11.3 Å². The molecule has 1 fully saturated rings. The van der Waals surface area contributed by atoms with Crippen molar-refractivity contribution in [2.24, 2.45) is 5.73 Å². The minimum absolute atomic E-state index is 0. The summed E-state index contributed by atoms with van der Waals surface area (Å²) in [7, 11) is 0. The number of thiophene rings is 2. The van der Waals surface area contributed by atoms with Gasteiger partial charge in [0.1, 0.15) is 11.4 Å². The lowest BCUT2D eigenvalue weighted by Gasteiger charge is -2.30. The maximum Gasteiger partial charge on any atom is 0.263 e. The first-order valence-electron chi connectivity index (χ1n) is 8.17. The van der Waals surface area contributed by atoms with Crippen molar-refractivity contribution in [1.29, 1.82) is 0 Å². The van der Waals surface area contributed by atoms with E-state index in [0.29, 0.717) is 23.3 Å². The predicted molar refractivity (Wildman–Crippen MR) is 108 cm³/mol. The largest absolute Gasteiger partial charge is 0.340 e. The average Bonchev–Trinajstić information content (AvgIpc) is 3.26. The third kappa shape index (κ3) is 3.55. The number of amides is 1. The summed E-state index contributed by atoms with van der Waals surface area (Å²) in [5.41, 5.74) is 6.68. The van der Waals surface area contributed by atoms with Crippen LogP contribution in [0, 0.1) is 0 Å². The number of hydrogen-bond acceptors (Lipinski definition) is 6. The molecule has 3 aromatic heterocycles. The van der Waals surface area contributed by atoms with Crippen LogP contribution in [0.1, 0.15) is 12.8 Å². The molecule has 0 bridgehead atoms. The van der Waals surface area contributed by atoms with E-state index >= 15 is 0 Å². The van der Waals surface area contributed by atoms with Crippen LogP contribution in [0.2, 0.25) is 0 Å². The number of likely N-dealkylation sites (tertiary alicyclic amines) is 1. The van der Waals surface area contributed by atoms with E-state index in [-0.39, 0.29) is 36.5 Å². The van der Waals surface area contributed by atoms with Gasteiger partial charge in [0.2, 0.25) is 5.91 Å². The summed E-state index contributed by atoms with van der Waals surface area (Å²) in [6.07, 6.45) is 3.32. The van der Waals surface area contributed by atoms with E-state index in [1.165, 1.54) is 22.2 Å². The van der Waals surface area contributed by atoms with Crippen molar-refractivity contribution in [3.8, 4) is 10.4 Å². The number of hydrogen-bond donors (Lipinski definition) is 1. The molecular formula is C17H19ClN4O2S2. The Morgan fingerprint density at radius 3 is 2.96 bits per heavy atom. The first-order chi connectivity index (χ1) is 12.1. The zero-order chi connectivity index (χ0) is 17.4. The molecule has 6 nitrogen and oxygen atoms in total. The highest BCUT2D eigenvalue weighted by molar-refractivity contribution is 7.18. The van der Waals surface area contributed by atoms with Gasteiger partial charge < -0.3 is 10.6 Å². The Labute approximate surface area is 164 Å². The molecule has 3 aromatic rings. The minimum Gasteiger partial charge on any atom is -0.340 e. The molecule has 26 heavy (non-hydrogen) atoms. The average molecular weight is 411 g/mol. The van der Waals surface area contributed by atoms with E-state index < -0.39 is 0 Å². The molecule has 1 atom stereocenters. The highest BCUT2D eigenvalue weighted by atomic mass is 35.5. The SMILES string of the molecule is Cl.NC1CCCN(C(=O)Cn2cnc3scc(-c4cccs4)c3c2=O)C1. The second kappa shape index (κ2) is 7.87. The molecule has 2 N–H and O–H groups in total. The summed E-state index contributed by atoms with van der Waals surface area (Å²) in [5.74, 6) is -0.0775. The number of halogens is 1. The number of piperidine rings is 1. The van der Waals surface area contributed by atoms with Gasteiger partial charge in [-0.05, 0) is 24.3 Å². The fourth-order valence-electron chi connectivity index (χ4n) is 3.18. The van der Waals surface area contributed by atoms with Gasteiger partial charge >= 0.3 is 0 Å². The number of rotatable bonds is 3. The molecule has 1 saturated heterocycles. The van der Waals surface area contributed by atoms with Gasteiger partial charge in [0.15, 0.2) is 0 Å². The monoisotopic (exact) mass is 410 g/mol. The topological polar surface area (TPSA) is 81.2 Å². The summed E-state index contributed by atoms with van der Waals surface area (Å²) in [4.78, 5) is 33.3. The van der Waals surface area contributed by atoms with Gasteiger partial charge in [0.25, 0.3) is 5.56 Å². The number of nitrogens with zero attached hydrogens (tertiary/aromatic N) is 3. The Hall–Kier alpha value is -1.74. The van der Waals surface area contributed by atoms with Crippen LogP contribution in [-0.2, 0) is 11.3 Å². The third-order valence-electron chi connectivity index (χ3n) is 4.46. The standard InChI is InChI=1S/C17H18N4O2S2.ClH/c18-11-3-1-5-20(7-11)14(22)8-21-10-19-16-15(17(21)23)12(9-25-16)13-4-2-6-24-13;/h2,4,6,9-11H,1,3,5,7-8,18H2;1H. The van der Waals surface area contributed by atoms with Crippen molar-refractivity contribution in [3.63, 3.8) is 0 Å². The normalized spacial score (nSPS) is 17.3. The summed E-state index contributed by atoms with van der Waals surface area (Å²) >= 11 is 3.04. The molecule has 0 radical (unpaired) electrons. The summed E-state index contributed by atoms with van der Waals surface area (Å²) in [6, 6.07) is 3.97. The van der Waals surface area contributed by atoms with Crippen LogP contribution in [0.4, 0.5) is 0 Å². The van der Waals surface area contributed by atoms with E-state index in [9.17, 15) is 9.59 Å². The van der Waals surface area contributed by atoms with E-state index in [4.69, 9.17) is 5.73 Å². The van der Waals surface area contributed by atoms with Gasteiger partial charge in [-0.1, -0.05) is 6.07 Å². The van der Waals surface area contributed by atoms with Crippen molar-refractivity contribution in [1.82, 2.24) is 14.5 Å². The molecular weight excluding hydrogens is 392 g/mol. The number of fused-ring (bicyclic) bond motifs is 1. The van der Waals surface area contributed by atoms with Crippen LogP contribution >= 0.6 is 35.1 Å². The molecule has 0 aliphatic carbocycles. The van der Waals surface area contributed by atoms with Gasteiger partial charge in [-0.3, -0.25) is 14.2 Å². The second-order valence-electron chi connectivity index (χ2n) is 6.23. The lowest BCUT2D eigenvalue weighted by Crippen LogP contribution is -2.47. The van der Waals surface area contributed by atoms with Gasteiger partial charge in [-0.25, -0.2) is 4.98 Å². The van der Waals surface area contributed by atoms with Crippen LogP contribution in [0.25, 0.3) is 20.7 Å². The highest BCUT2D eigenvalue weighted by Crippen LogP contribution is 2.33. The number of nitrogens with two attached hydrogens (primary N) is 1. The molecule has 138 valence electrons. The Morgan fingerprint density at radius 1 is 1.38 bits per heavy atom. The van der Waals surface area contributed by atoms with Crippen molar-refractivity contribution in [2.75, 3.05) is 13.1 Å². The highest BCUT2D eigenvalue weighted by Gasteiger charge is 2.22. The van der Waals surface area contributed by atoms with E-state index in [2.05, 4.69) is 4.98 Å². The fraction of sp³-hybridized carbons (Fsp3) is 0.353. The molecule has 1 aliphatic rings. The molecule has 4 rings (SSSR count). The van der Waals surface area contributed by atoms with Crippen molar-refractivity contribution in [2.45, 2.75) is 25.4 Å². The van der Waals surface area contributed by atoms with Crippen LogP contribution in [0.15, 0.2) is 34.0 Å². The summed E-state index contributed by atoms with van der Waals surface area (Å²) in [6.45, 7) is 1.27. The van der Waals surface area contributed by atoms with Gasteiger partial charge in [0, 0.05) is 35.0 Å². The van der Waals surface area contributed by atoms with Crippen molar-refractivity contribution in [3.05, 3.63) is 39.6 Å². The first kappa shape index (κ1) is 19.0. The molecule has 0 spiro atoms. The van der Waals surface area contributed by atoms with Crippen LogP contribution in [0.5, 0.6) is 0 Å². The molecule has 4 heterocycles. The van der Waals surface area contributed by atoms with Crippen molar-refractivity contribution < 1.29 is 4.79 Å². The molecule has 0 aromatic carbocycles. The van der Waals surface area contributed by atoms with E-state index in [0.717, 1.165) is 23.3 Å². The molecule has 1 amide bonds. The molecule has 0 saturated carbocycles. The Morgan fingerprint density at radius 2 is 2.23 bits per heavy atom. The maximum absolute atomic E-state index is 12.9. The Kier molecular flexibility index (Phi) is 5.76. The third-order valence-corrected chi connectivity index (χ3v) is 6.25. The quantitative estimate of drug-likeness (QED) is 0.719. The second-order valence-corrected chi connectivity index (χ2v) is 8.03. The predicted octanol–water partition coefficient (Wildman–Crippen LogP) is 2.56.